The van der Waals surface area contributed by atoms with Crippen LogP contribution in [0.4, 0.5) is 5.69 Å². The van der Waals surface area contributed by atoms with Gasteiger partial charge in [0.15, 0.2) is 5.96 Å². The minimum atomic E-state index is 0.396. The van der Waals surface area contributed by atoms with Gasteiger partial charge in [-0.25, -0.2) is 4.99 Å². The van der Waals surface area contributed by atoms with Crippen LogP contribution in [0.1, 0.15) is 11.1 Å². The highest BCUT2D eigenvalue weighted by Crippen LogP contribution is 2.15. The molecule has 1 fully saturated rings. The largest absolute Gasteiger partial charge is 0.497 e. The van der Waals surface area contributed by atoms with E-state index < -0.39 is 0 Å². The number of hydrogen-bond acceptors (Lipinski definition) is 4. The van der Waals surface area contributed by atoms with Gasteiger partial charge < -0.3 is 20.5 Å². The van der Waals surface area contributed by atoms with E-state index in [0.717, 1.165) is 49.8 Å². The van der Waals surface area contributed by atoms with Gasteiger partial charge >= 0.3 is 0 Å². The summed E-state index contributed by atoms with van der Waals surface area (Å²) in [4.78, 5) is 6.81. The summed E-state index contributed by atoms with van der Waals surface area (Å²) in [7, 11) is 1.64. The Kier molecular flexibility index (Phi) is 6.46. The highest BCUT2D eigenvalue weighted by atomic mass is 16.5. The van der Waals surface area contributed by atoms with Crippen molar-refractivity contribution < 1.29 is 9.47 Å². The molecule has 0 aliphatic carbocycles. The summed E-state index contributed by atoms with van der Waals surface area (Å²) in [6.07, 6.45) is 0. The third kappa shape index (κ3) is 5.47. The Balaban J connectivity index is 1.50. The number of ether oxygens (including phenoxy) is 2. The molecule has 0 aromatic heterocycles. The zero-order valence-corrected chi connectivity index (χ0v) is 15.1. The normalized spacial score (nSPS) is 15.7. The number of nitrogens with zero attached hydrogens (tertiary/aromatic N) is 2. The Morgan fingerprint density at radius 2 is 1.73 bits per heavy atom. The Labute approximate surface area is 154 Å². The van der Waals surface area contributed by atoms with Crippen molar-refractivity contribution in [3.63, 3.8) is 0 Å². The average molecular weight is 354 g/mol. The van der Waals surface area contributed by atoms with E-state index in [9.17, 15) is 0 Å². The SMILES string of the molecule is COc1ccc(NC(N)=NCc2ccc(CN3CCOCC3)cc2)cc1. The lowest BCUT2D eigenvalue weighted by Gasteiger charge is -2.26. The lowest BCUT2D eigenvalue weighted by molar-refractivity contribution is 0.0342. The Hall–Kier alpha value is -2.57. The molecular weight excluding hydrogens is 328 g/mol. The number of nitrogens with two attached hydrogens (primary N) is 1. The molecule has 3 N–H and O–H groups in total. The number of methoxy groups -OCH3 is 1. The van der Waals surface area contributed by atoms with Crippen LogP contribution in [0.25, 0.3) is 0 Å². The van der Waals surface area contributed by atoms with Crippen LogP contribution in [-0.2, 0) is 17.8 Å². The molecule has 1 aliphatic heterocycles. The van der Waals surface area contributed by atoms with Crippen molar-refractivity contribution >= 4 is 11.6 Å². The molecule has 6 heteroatoms. The third-order valence-corrected chi connectivity index (χ3v) is 4.33. The molecule has 1 aliphatic rings. The second-order valence-electron chi connectivity index (χ2n) is 6.26. The first-order valence-electron chi connectivity index (χ1n) is 8.82. The predicted octanol–water partition coefficient (Wildman–Crippen LogP) is 2.45. The zero-order chi connectivity index (χ0) is 18.2. The minimum absolute atomic E-state index is 0.396. The monoisotopic (exact) mass is 354 g/mol. The van der Waals surface area contributed by atoms with Crippen LogP contribution < -0.4 is 15.8 Å². The first-order valence-corrected chi connectivity index (χ1v) is 8.82. The summed E-state index contributed by atoms with van der Waals surface area (Å²) in [5.41, 5.74) is 9.29. The van der Waals surface area contributed by atoms with Crippen LogP contribution in [0.5, 0.6) is 5.75 Å². The van der Waals surface area contributed by atoms with E-state index in [1.807, 2.05) is 24.3 Å². The molecule has 0 spiro atoms. The Morgan fingerprint density at radius 1 is 1.08 bits per heavy atom. The third-order valence-electron chi connectivity index (χ3n) is 4.33. The van der Waals surface area contributed by atoms with Crippen LogP contribution in [0.3, 0.4) is 0 Å². The van der Waals surface area contributed by atoms with E-state index in [4.69, 9.17) is 15.2 Å². The van der Waals surface area contributed by atoms with Crippen molar-refractivity contribution in [1.29, 1.82) is 0 Å². The Bertz CT molecular complexity index is 708. The van der Waals surface area contributed by atoms with Crippen molar-refractivity contribution in [2.75, 3.05) is 38.7 Å². The maximum atomic E-state index is 5.97. The maximum absolute atomic E-state index is 5.97. The number of nitrogens with one attached hydrogen (secondary N) is 1. The second kappa shape index (κ2) is 9.22. The van der Waals surface area contributed by atoms with E-state index in [0.29, 0.717) is 12.5 Å². The average Bonchev–Trinajstić information content (AvgIpc) is 2.69. The van der Waals surface area contributed by atoms with Crippen LogP contribution in [0, 0.1) is 0 Å². The number of morpholine rings is 1. The first kappa shape index (κ1) is 18.2. The highest BCUT2D eigenvalue weighted by molar-refractivity contribution is 5.92. The van der Waals surface area contributed by atoms with Gasteiger partial charge in [-0.15, -0.1) is 0 Å². The van der Waals surface area contributed by atoms with Crippen LogP contribution in [0.2, 0.25) is 0 Å². The topological polar surface area (TPSA) is 72.1 Å². The van der Waals surface area contributed by atoms with Gasteiger partial charge in [0.25, 0.3) is 0 Å². The summed E-state index contributed by atoms with van der Waals surface area (Å²) in [5.74, 6) is 1.20. The van der Waals surface area contributed by atoms with Crippen LogP contribution in [0.15, 0.2) is 53.5 Å². The van der Waals surface area contributed by atoms with Gasteiger partial charge in [0, 0.05) is 25.3 Å². The molecule has 0 bridgehead atoms. The molecule has 6 nitrogen and oxygen atoms in total. The standard InChI is InChI=1S/C20H26N4O2/c1-25-19-8-6-18(7-9-19)23-20(21)22-14-16-2-4-17(5-3-16)15-24-10-12-26-13-11-24/h2-9H,10-15H2,1H3,(H3,21,22,23). The second-order valence-corrected chi connectivity index (χ2v) is 6.26. The summed E-state index contributed by atoms with van der Waals surface area (Å²) in [5, 5.41) is 3.08. The number of anilines is 1. The number of hydrogen-bond donors (Lipinski definition) is 2. The molecule has 0 saturated carbocycles. The van der Waals surface area contributed by atoms with Crippen molar-refractivity contribution in [2.45, 2.75) is 13.1 Å². The fourth-order valence-corrected chi connectivity index (χ4v) is 2.81. The van der Waals surface area contributed by atoms with Crippen molar-refractivity contribution in [1.82, 2.24) is 4.90 Å². The molecule has 138 valence electrons. The maximum Gasteiger partial charge on any atom is 0.193 e. The van der Waals surface area contributed by atoms with Crippen LogP contribution in [-0.4, -0.2) is 44.3 Å². The summed E-state index contributed by atoms with van der Waals surface area (Å²) in [6.45, 7) is 5.17. The van der Waals surface area contributed by atoms with E-state index in [1.165, 1.54) is 5.56 Å². The zero-order valence-electron chi connectivity index (χ0n) is 15.1. The predicted molar refractivity (Wildman–Crippen MR) is 104 cm³/mol. The van der Waals surface area contributed by atoms with Crippen LogP contribution >= 0.6 is 0 Å². The lowest BCUT2D eigenvalue weighted by Crippen LogP contribution is -2.35. The van der Waals surface area contributed by atoms with Gasteiger partial charge in [0.2, 0.25) is 0 Å². The number of guanidine groups is 1. The molecule has 1 heterocycles. The van der Waals surface area contributed by atoms with Gasteiger partial charge in [-0.3, -0.25) is 4.90 Å². The molecule has 3 rings (SSSR count). The number of aliphatic imine (C=N–C) groups is 1. The van der Waals surface area contributed by atoms with E-state index >= 15 is 0 Å². The van der Waals surface area contributed by atoms with Gasteiger partial charge in [0.1, 0.15) is 5.75 Å². The lowest BCUT2D eigenvalue weighted by atomic mass is 10.1. The van der Waals surface area contributed by atoms with Gasteiger partial charge in [-0.1, -0.05) is 24.3 Å². The molecule has 0 unspecified atom stereocenters. The minimum Gasteiger partial charge on any atom is -0.497 e. The summed E-state index contributed by atoms with van der Waals surface area (Å²) in [6, 6.07) is 16.1. The molecule has 0 atom stereocenters. The molecule has 2 aromatic rings. The quantitative estimate of drug-likeness (QED) is 0.616. The first-order chi connectivity index (χ1) is 12.7. The highest BCUT2D eigenvalue weighted by Gasteiger charge is 2.10. The fraction of sp³-hybridized carbons (Fsp3) is 0.350. The van der Waals surface area contributed by atoms with Gasteiger partial charge in [0.05, 0.1) is 26.9 Å². The molecule has 26 heavy (non-hydrogen) atoms. The molecule has 0 amide bonds. The molecule has 2 aromatic carbocycles. The van der Waals surface area contributed by atoms with E-state index in [1.54, 1.807) is 7.11 Å². The van der Waals surface area contributed by atoms with Crippen molar-refractivity contribution in [3.05, 3.63) is 59.7 Å². The van der Waals surface area contributed by atoms with Gasteiger partial charge in [-0.05, 0) is 35.4 Å². The fourth-order valence-electron chi connectivity index (χ4n) is 2.81. The molecule has 1 saturated heterocycles. The smallest absolute Gasteiger partial charge is 0.193 e. The number of benzene rings is 2. The van der Waals surface area contributed by atoms with E-state index in [-0.39, 0.29) is 0 Å². The Morgan fingerprint density at radius 3 is 2.38 bits per heavy atom. The molecule has 0 radical (unpaired) electrons. The van der Waals surface area contributed by atoms with Gasteiger partial charge in [-0.2, -0.15) is 0 Å². The van der Waals surface area contributed by atoms with Crippen molar-refractivity contribution in [2.24, 2.45) is 10.7 Å². The summed E-state index contributed by atoms with van der Waals surface area (Å²) >= 11 is 0. The molecular formula is C20H26N4O2. The number of rotatable bonds is 6. The summed E-state index contributed by atoms with van der Waals surface area (Å²) < 4.78 is 10.5. The van der Waals surface area contributed by atoms with Crippen molar-refractivity contribution in [3.8, 4) is 5.75 Å². The van der Waals surface area contributed by atoms with E-state index in [2.05, 4.69) is 39.5 Å².